The van der Waals surface area contributed by atoms with E-state index in [2.05, 4.69) is 20.3 Å². The first kappa shape index (κ1) is 22.9. The lowest BCUT2D eigenvalue weighted by Gasteiger charge is -2.09. The maximum absolute atomic E-state index is 12.0. The Kier molecular flexibility index (Phi) is 6.26. The average molecular weight is 474 g/mol. The summed E-state index contributed by atoms with van der Waals surface area (Å²) in [7, 11) is -4.53. The Morgan fingerprint density at radius 1 is 1.03 bits per heavy atom. The van der Waals surface area contributed by atoms with Gasteiger partial charge in [0.05, 0.1) is 11.4 Å². The topological polar surface area (TPSA) is 147 Å². The number of fused-ring (bicyclic) bond motifs is 1. The fraction of sp³-hybridized carbons (Fsp3) is 0.0417. The van der Waals surface area contributed by atoms with E-state index in [4.69, 9.17) is 5.84 Å². The van der Waals surface area contributed by atoms with Gasteiger partial charge in [0, 0.05) is 39.9 Å². The molecule has 0 bridgehead atoms. The number of Topliss-reactive ketones (excluding diaryl/α,β-unsaturated/α-hetero) is 1. The van der Waals surface area contributed by atoms with Gasteiger partial charge in [0.15, 0.2) is 5.78 Å². The predicted molar refractivity (Wildman–Crippen MR) is 129 cm³/mol. The number of ketones is 1. The maximum Gasteiger partial charge on any atom is 0.295 e. The van der Waals surface area contributed by atoms with Crippen molar-refractivity contribution in [2.45, 2.75) is 11.8 Å². The van der Waals surface area contributed by atoms with E-state index in [1.165, 1.54) is 19.2 Å². The van der Waals surface area contributed by atoms with Crippen LogP contribution in [0.4, 0.5) is 11.4 Å². The molecule has 3 aromatic carbocycles. The van der Waals surface area contributed by atoms with E-state index < -0.39 is 10.1 Å². The van der Waals surface area contributed by atoms with Crippen LogP contribution in [-0.2, 0) is 10.1 Å². The number of benzene rings is 3. The second-order valence-corrected chi connectivity index (χ2v) is 8.71. The molecule has 4 aromatic rings. The van der Waals surface area contributed by atoms with Crippen molar-refractivity contribution in [3.8, 4) is 11.3 Å². The summed E-state index contributed by atoms with van der Waals surface area (Å²) in [5.41, 5.74) is 2.92. The average Bonchev–Trinajstić information content (AvgIpc) is 2.83. The molecule has 10 heteroatoms. The molecular formula is C24H19N5O4S. The highest BCUT2D eigenvalue weighted by Crippen LogP contribution is 2.40. The van der Waals surface area contributed by atoms with Crippen molar-refractivity contribution in [2.24, 2.45) is 21.2 Å². The van der Waals surface area contributed by atoms with Crippen molar-refractivity contribution in [1.82, 2.24) is 4.98 Å². The molecule has 0 aliphatic carbocycles. The summed E-state index contributed by atoms with van der Waals surface area (Å²) in [4.78, 5) is 20.4. The smallest absolute Gasteiger partial charge is 0.295 e. The first-order chi connectivity index (χ1) is 16.3. The SMILES string of the molecule is CC(=O)c1ccccc1-c1ccc(/C=N/c2cc(S(=O)(=O)O)c3ccccc3c2N=NN)cn1. The molecule has 0 radical (unpaired) electrons. The zero-order chi connectivity index (χ0) is 24.3. The molecule has 0 amide bonds. The molecule has 4 rings (SSSR count). The number of aliphatic imine (C=N–C) groups is 1. The molecular weight excluding hydrogens is 454 g/mol. The number of hydrogen-bond donors (Lipinski definition) is 2. The lowest BCUT2D eigenvalue weighted by Crippen LogP contribution is -1.99. The van der Waals surface area contributed by atoms with Crippen LogP contribution in [0, 0.1) is 0 Å². The van der Waals surface area contributed by atoms with Crippen molar-refractivity contribution in [1.29, 1.82) is 0 Å². The number of rotatable bonds is 6. The van der Waals surface area contributed by atoms with Crippen LogP contribution in [0.1, 0.15) is 22.8 Å². The van der Waals surface area contributed by atoms with Crippen LogP contribution in [0.3, 0.4) is 0 Å². The fourth-order valence-electron chi connectivity index (χ4n) is 3.59. The molecule has 0 spiro atoms. The van der Waals surface area contributed by atoms with Gasteiger partial charge in [-0.25, -0.2) is 0 Å². The molecule has 170 valence electrons. The van der Waals surface area contributed by atoms with E-state index in [0.717, 1.165) is 5.56 Å². The third-order valence-electron chi connectivity index (χ3n) is 5.12. The van der Waals surface area contributed by atoms with Crippen molar-refractivity contribution in [3.05, 3.63) is 84.1 Å². The summed E-state index contributed by atoms with van der Waals surface area (Å²) >= 11 is 0. The molecule has 1 heterocycles. The van der Waals surface area contributed by atoms with Crippen LogP contribution >= 0.6 is 0 Å². The molecule has 0 saturated carbocycles. The molecule has 9 nitrogen and oxygen atoms in total. The quantitative estimate of drug-likeness (QED) is 0.0999. The van der Waals surface area contributed by atoms with E-state index in [0.29, 0.717) is 22.2 Å². The van der Waals surface area contributed by atoms with E-state index in [9.17, 15) is 17.8 Å². The third-order valence-corrected chi connectivity index (χ3v) is 6.01. The van der Waals surface area contributed by atoms with Gasteiger partial charge in [-0.05, 0) is 25.1 Å². The second kappa shape index (κ2) is 9.30. The van der Waals surface area contributed by atoms with E-state index in [-0.39, 0.29) is 27.4 Å². The summed E-state index contributed by atoms with van der Waals surface area (Å²) in [6.07, 6.45) is 3.05. The van der Waals surface area contributed by atoms with Gasteiger partial charge in [0.2, 0.25) is 0 Å². The normalized spacial score (nSPS) is 12.1. The first-order valence-corrected chi connectivity index (χ1v) is 11.5. The van der Waals surface area contributed by atoms with E-state index in [1.807, 2.05) is 12.1 Å². The van der Waals surface area contributed by atoms with Gasteiger partial charge < -0.3 is 5.84 Å². The second-order valence-electron chi connectivity index (χ2n) is 7.32. The Morgan fingerprint density at radius 2 is 1.74 bits per heavy atom. The van der Waals surface area contributed by atoms with Crippen LogP contribution in [0.2, 0.25) is 0 Å². The molecule has 0 unspecified atom stereocenters. The van der Waals surface area contributed by atoms with Crippen molar-refractivity contribution < 1.29 is 17.8 Å². The summed E-state index contributed by atoms with van der Waals surface area (Å²) in [6, 6.07) is 18.4. The molecule has 1 aromatic heterocycles. The number of pyridine rings is 1. The number of carbonyl (C=O) groups is 1. The summed E-state index contributed by atoms with van der Waals surface area (Å²) < 4.78 is 33.7. The Labute approximate surface area is 195 Å². The highest BCUT2D eigenvalue weighted by atomic mass is 32.2. The minimum Gasteiger partial charge on any atom is -0.305 e. The minimum absolute atomic E-state index is 0.0596. The zero-order valence-corrected chi connectivity index (χ0v) is 18.8. The lowest BCUT2D eigenvalue weighted by molar-refractivity contribution is 0.101. The highest BCUT2D eigenvalue weighted by Gasteiger charge is 2.19. The Bertz CT molecular complexity index is 1560. The van der Waals surface area contributed by atoms with Crippen molar-refractivity contribution >= 4 is 44.3 Å². The Morgan fingerprint density at radius 3 is 2.38 bits per heavy atom. The van der Waals surface area contributed by atoms with Crippen LogP contribution in [-0.4, -0.2) is 30.0 Å². The zero-order valence-electron chi connectivity index (χ0n) is 18.0. The molecule has 0 aliphatic heterocycles. The van der Waals surface area contributed by atoms with E-state index in [1.54, 1.807) is 54.7 Å². The number of carbonyl (C=O) groups excluding carboxylic acids is 1. The summed E-state index contributed by atoms with van der Waals surface area (Å²) in [5, 5.41) is 7.92. The van der Waals surface area contributed by atoms with Gasteiger partial charge in [-0.1, -0.05) is 53.8 Å². The molecule has 0 atom stereocenters. The first-order valence-electron chi connectivity index (χ1n) is 10.0. The summed E-state index contributed by atoms with van der Waals surface area (Å²) in [5.74, 6) is 5.20. The van der Waals surface area contributed by atoms with Crippen LogP contribution in [0.15, 0.2) is 93.2 Å². The highest BCUT2D eigenvalue weighted by molar-refractivity contribution is 7.86. The predicted octanol–water partition coefficient (Wildman–Crippen LogP) is 5.06. The molecule has 0 aliphatic rings. The molecule has 0 saturated heterocycles. The van der Waals surface area contributed by atoms with Crippen LogP contribution in [0.5, 0.6) is 0 Å². The fourth-order valence-corrected chi connectivity index (χ4v) is 4.30. The molecule has 34 heavy (non-hydrogen) atoms. The van der Waals surface area contributed by atoms with Crippen molar-refractivity contribution in [3.63, 3.8) is 0 Å². The Balaban J connectivity index is 1.77. The minimum atomic E-state index is -4.53. The summed E-state index contributed by atoms with van der Waals surface area (Å²) in [6.45, 7) is 1.50. The van der Waals surface area contributed by atoms with Gasteiger partial charge in [0.1, 0.15) is 10.6 Å². The van der Waals surface area contributed by atoms with E-state index >= 15 is 0 Å². The maximum atomic E-state index is 12.0. The van der Waals surface area contributed by atoms with Gasteiger partial charge >= 0.3 is 0 Å². The van der Waals surface area contributed by atoms with Crippen LogP contribution < -0.4 is 5.84 Å². The number of nitrogens with two attached hydrogens (primary N) is 1. The largest absolute Gasteiger partial charge is 0.305 e. The molecule has 0 fully saturated rings. The van der Waals surface area contributed by atoms with Gasteiger partial charge in [-0.3, -0.25) is 19.3 Å². The Hall–Kier alpha value is -4.28. The number of aromatic nitrogens is 1. The standard InChI is InChI=1S/C24H19N5O4S/c1-15(30)17-6-2-3-7-18(17)21-11-10-16(13-26-21)14-27-22-12-23(34(31,32)33)19-8-4-5-9-20(19)24(22)28-29-25/h2-14H,1H3,(H2,25,28)(H,31,32,33)/b27-14+. The van der Waals surface area contributed by atoms with Crippen LogP contribution in [0.25, 0.3) is 22.0 Å². The van der Waals surface area contributed by atoms with Gasteiger partial charge in [-0.2, -0.15) is 8.42 Å². The van der Waals surface area contributed by atoms with Gasteiger partial charge in [0.25, 0.3) is 10.1 Å². The van der Waals surface area contributed by atoms with Crippen molar-refractivity contribution in [2.75, 3.05) is 0 Å². The monoisotopic (exact) mass is 473 g/mol. The molecule has 3 N–H and O–H groups in total. The van der Waals surface area contributed by atoms with Gasteiger partial charge in [-0.15, -0.1) is 5.11 Å². The lowest BCUT2D eigenvalue weighted by atomic mass is 10.0. The third kappa shape index (κ3) is 4.58. The number of nitrogens with zero attached hydrogens (tertiary/aromatic N) is 4. The number of hydrogen-bond acceptors (Lipinski definition) is 7.